The summed E-state index contributed by atoms with van der Waals surface area (Å²) >= 11 is 3.28. The van der Waals surface area contributed by atoms with Crippen LogP contribution in [0, 0.1) is 0 Å². The molecule has 0 saturated carbocycles. The van der Waals surface area contributed by atoms with E-state index in [1.165, 1.54) is 40.7 Å². The lowest BCUT2D eigenvalue weighted by atomic mass is 10.0. The van der Waals surface area contributed by atoms with E-state index in [1.54, 1.807) is 12.1 Å². The number of benzene rings is 2. The topological polar surface area (TPSA) is 75.7 Å². The Morgan fingerprint density at radius 3 is 2.38 bits per heavy atom. The minimum absolute atomic E-state index is 0.0323. The number of nitrogens with one attached hydrogen (secondary N) is 1. The molecule has 0 unspecified atom stereocenters. The van der Waals surface area contributed by atoms with E-state index in [1.807, 2.05) is 0 Å². The highest BCUT2D eigenvalue weighted by molar-refractivity contribution is 9.10. The molecule has 2 aromatic carbocycles. The minimum Gasteiger partial charge on any atom is -0.435 e. The zero-order valence-electron chi connectivity index (χ0n) is 15.2. The molecule has 0 bridgehead atoms. The van der Waals surface area contributed by atoms with Crippen molar-refractivity contribution in [2.75, 3.05) is 11.9 Å². The van der Waals surface area contributed by atoms with Gasteiger partial charge in [0.1, 0.15) is 11.8 Å². The maximum Gasteiger partial charge on any atom is 0.387 e. The third-order valence-electron chi connectivity index (χ3n) is 4.52. The number of hydrogen-bond donors (Lipinski definition) is 1. The Morgan fingerprint density at radius 1 is 1.10 bits per heavy atom. The Balaban J connectivity index is 1.76. The average Bonchev–Trinajstić information content (AvgIpc) is 2.69. The average molecular weight is 489 g/mol. The SMILES string of the molecule is O=C(Nc1ccc(OC(F)F)cc1)[C@@H]1CCCCN1S(=O)(=O)c1ccc(Br)cc1. The maximum atomic E-state index is 13.1. The predicted molar refractivity (Wildman–Crippen MR) is 107 cm³/mol. The molecule has 1 fully saturated rings. The summed E-state index contributed by atoms with van der Waals surface area (Å²) < 4.78 is 56.8. The second-order valence-electron chi connectivity index (χ2n) is 6.47. The highest BCUT2D eigenvalue weighted by atomic mass is 79.9. The van der Waals surface area contributed by atoms with Gasteiger partial charge < -0.3 is 10.1 Å². The fourth-order valence-electron chi connectivity index (χ4n) is 3.14. The molecule has 1 aliphatic rings. The first-order valence-corrected chi connectivity index (χ1v) is 11.1. The second kappa shape index (κ2) is 9.19. The molecule has 0 aliphatic carbocycles. The first-order valence-electron chi connectivity index (χ1n) is 8.90. The van der Waals surface area contributed by atoms with Crippen LogP contribution in [0.25, 0.3) is 0 Å². The number of nitrogens with zero attached hydrogens (tertiary/aromatic N) is 1. The van der Waals surface area contributed by atoms with Gasteiger partial charge in [-0.3, -0.25) is 4.79 Å². The Bertz CT molecular complexity index is 953. The van der Waals surface area contributed by atoms with Gasteiger partial charge in [-0.1, -0.05) is 22.4 Å². The number of hydrogen-bond acceptors (Lipinski definition) is 4. The number of anilines is 1. The Morgan fingerprint density at radius 2 is 1.76 bits per heavy atom. The van der Waals surface area contributed by atoms with Crippen molar-refractivity contribution in [1.29, 1.82) is 0 Å². The van der Waals surface area contributed by atoms with Gasteiger partial charge in [-0.2, -0.15) is 13.1 Å². The number of ether oxygens (including phenoxy) is 1. The lowest BCUT2D eigenvalue weighted by molar-refractivity contribution is -0.120. The fraction of sp³-hybridized carbons (Fsp3) is 0.316. The van der Waals surface area contributed by atoms with Crippen molar-refractivity contribution in [3.63, 3.8) is 0 Å². The van der Waals surface area contributed by atoms with Crippen molar-refractivity contribution >= 4 is 37.5 Å². The van der Waals surface area contributed by atoms with E-state index < -0.39 is 28.6 Å². The molecule has 0 spiro atoms. The van der Waals surface area contributed by atoms with Gasteiger partial charge >= 0.3 is 6.61 Å². The zero-order valence-corrected chi connectivity index (χ0v) is 17.6. The molecule has 2 aromatic rings. The number of piperidine rings is 1. The summed E-state index contributed by atoms with van der Waals surface area (Å²) in [5, 5.41) is 2.66. The van der Waals surface area contributed by atoms with E-state index in [-0.39, 0.29) is 17.2 Å². The minimum atomic E-state index is -3.84. The highest BCUT2D eigenvalue weighted by Gasteiger charge is 2.37. The summed E-state index contributed by atoms with van der Waals surface area (Å²) in [6.45, 7) is -2.69. The molecule has 6 nitrogen and oxygen atoms in total. The third kappa shape index (κ3) is 5.31. The zero-order chi connectivity index (χ0) is 21.0. The second-order valence-corrected chi connectivity index (χ2v) is 9.28. The van der Waals surface area contributed by atoms with Gasteiger partial charge in [-0.05, 0) is 61.4 Å². The Labute approximate surface area is 176 Å². The molecule has 0 aromatic heterocycles. The summed E-state index contributed by atoms with van der Waals surface area (Å²) in [5.74, 6) is -0.497. The van der Waals surface area contributed by atoms with Gasteiger partial charge in [0.05, 0.1) is 4.90 Å². The first kappa shape index (κ1) is 21.7. The molecule has 156 valence electrons. The van der Waals surface area contributed by atoms with Crippen LogP contribution >= 0.6 is 15.9 Å². The lowest BCUT2D eigenvalue weighted by Gasteiger charge is -2.33. The summed E-state index contributed by atoms with van der Waals surface area (Å²) in [7, 11) is -3.84. The molecule has 0 radical (unpaired) electrons. The molecule has 1 aliphatic heterocycles. The lowest BCUT2D eigenvalue weighted by Crippen LogP contribution is -2.49. The van der Waals surface area contributed by atoms with E-state index in [9.17, 15) is 22.0 Å². The van der Waals surface area contributed by atoms with E-state index >= 15 is 0 Å². The van der Waals surface area contributed by atoms with E-state index in [4.69, 9.17) is 0 Å². The molecule has 29 heavy (non-hydrogen) atoms. The van der Waals surface area contributed by atoms with Crippen molar-refractivity contribution < 1.29 is 26.7 Å². The van der Waals surface area contributed by atoms with Gasteiger partial charge in [0, 0.05) is 16.7 Å². The highest BCUT2D eigenvalue weighted by Crippen LogP contribution is 2.27. The standard InChI is InChI=1S/C19H19BrF2N2O4S/c20-13-4-10-16(11-5-13)29(26,27)24-12-2-1-3-17(24)18(25)23-14-6-8-15(9-7-14)28-19(21)22/h4-11,17,19H,1-3,12H2,(H,23,25)/t17-/m0/s1. The molecule has 1 atom stereocenters. The third-order valence-corrected chi connectivity index (χ3v) is 6.97. The molecular weight excluding hydrogens is 470 g/mol. The number of rotatable bonds is 6. The van der Waals surface area contributed by atoms with E-state index in [0.717, 1.165) is 10.9 Å². The number of carbonyl (C=O) groups is 1. The van der Waals surface area contributed by atoms with Crippen LogP contribution in [0.1, 0.15) is 19.3 Å². The van der Waals surface area contributed by atoms with E-state index in [2.05, 4.69) is 26.0 Å². The van der Waals surface area contributed by atoms with Crippen molar-refractivity contribution in [3.8, 4) is 5.75 Å². The van der Waals surface area contributed by atoms with Crippen LogP contribution in [0.15, 0.2) is 57.9 Å². The Kier molecular flexibility index (Phi) is 6.86. The van der Waals surface area contributed by atoms with Crippen LogP contribution in [0.2, 0.25) is 0 Å². The van der Waals surface area contributed by atoms with Crippen molar-refractivity contribution in [2.45, 2.75) is 36.8 Å². The van der Waals surface area contributed by atoms with Gasteiger partial charge in [0.15, 0.2) is 0 Å². The largest absolute Gasteiger partial charge is 0.435 e. The van der Waals surface area contributed by atoms with E-state index in [0.29, 0.717) is 18.5 Å². The smallest absolute Gasteiger partial charge is 0.387 e. The number of amides is 1. The number of halogens is 3. The number of alkyl halides is 2. The summed E-state index contributed by atoms with van der Waals surface area (Å²) in [6.07, 6.45) is 1.79. The maximum absolute atomic E-state index is 13.1. The van der Waals surface area contributed by atoms with Gasteiger partial charge in [0.25, 0.3) is 0 Å². The molecule has 1 heterocycles. The molecule has 1 N–H and O–H groups in total. The number of sulfonamides is 1. The van der Waals surface area contributed by atoms with Crippen LogP contribution in [0.3, 0.4) is 0 Å². The van der Waals surface area contributed by atoms with Gasteiger partial charge in [-0.15, -0.1) is 0 Å². The normalized spacial score (nSPS) is 17.9. The first-order chi connectivity index (χ1) is 13.8. The van der Waals surface area contributed by atoms with Gasteiger partial charge in [-0.25, -0.2) is 8.42 Å². The van der Waals surface area contributed by atoms with Crippen molar-refractivity contribution in [1.82, 2.24) is 4.31 Å². The molecule has 1 amide bonds. The van der Waals surface area contributed by atoms with Crippen molar-refractivity contribution in [3.05, 3.63) is 53.0 Å². The van der Waals surface area contributed by atoms with Crippen LogP contribution in [-0.2, 0) is 14.8 Å². The summed E-state index contributed by atoms with van der Waals surface area (Å²) in [6, 6.07) is 10.9. The summed E-state index contributed by atoms with van der Waals surface area (Å²) in [4.78, 5) is 12.9. The molecule has 10 heteroatoms. The van der Waals surface area contributed by atoms with Crippen molar-refractivity contribution in [2.24, 2.45) is 0 Å². The van der Waals surface area contributed by atoms with Crippen LogP contribution in [0.5, 0.6) is 5.75 Å². The molecular formula is C19H19BrF2N2O4S. The summed E-state index contributed by atoms with van der Waals surface area (Å²) in [5.41, 5.74) is 0.364. The van der Waals surface area contributed by atoms with Crippen LogP contribution in [-0.4, -0.2) is 37.8 Å². The fourth-order valence-corrected chi connectivity index (χ4v) is 5.06. The number of carbonyl (C=O) groups excluding carboxylic acids is 1. The van der Waals surface area contributed by atoms with Crippen LogP contribution in [0.4, 0.5) is 14.5 Å². The molecule has 1 saturated heterocycles. The monoisotopic (exact) mass is 488 g/mol. The predicted octanol–water partition coefficient (Wildman–Crippen LogP) is 4.23. The quantitative estimate of drug-likeness (QED) is 0.659. The van der Waals surface area contributed by atoms with Gasteiger partial charge in [0.2, 0.25) is 15.9 Å². The van der Waals surface area contributed by atoms with Crippen LogP contribution < -0.4 is 10.1 Å². The Hall–Kier alpha value is -2.04. The molecule has 3 rings (SSSR count).